The molecule has 5 nitrogen and oxygen atoms in total. The van der Waals surface area contributed by atoms with Crippen molar-refractivity contribution in [3.63, 3.8) is 0 Å². The van der Waals surface area contributed by atoms with Gasteiger partial charge in [0.25, 0.3) is 5.91 Å². The lowest BCUT2D eigenvalue weighted by Crippen LogP contribution is -2.35. The number of aryl methyl sites for hydroxylation is 1. The molecule has 0 saturated carbocycles. The van der Waals surface area contributed by atoms with E-state index in [9.17, 15) is 4.79 Å². The van der Waals surface area contributed by atoms with Crippen molar-refractivity contribution in [2.24, 2.45) is 0 Å². The van der Waals surface area contributed by atoms with Crippen LogP contribution >= 0.6 is 0 Å². The molecule has 0 aliphatic carbocycles. The largest absolute Gasteiger partial charge is 0.497 e. The normalized spacial score (nSPS) is 16.0. The Hall–Kier alpha value is -2.69. The first kappa shape index (κ1) is 15.2. The first-order chi connectivity index (χ1) is 11.2. The number of methoxy groups -OCH3 is 2. The van der Waals surface area contributed by atoms with Crippen LogP contribution in [-0.4, -0.2) is 26.2 Å². The number of fused-ring (bicyclic) bond motifs is 1. The summed E-state index contributed by atoms with van der Waals surface area (Å²) in [6, 6.07) is 13.0. The molecule has 1 N–H and O–H groups in total. The molecule has 1 atom stereocenters. The Bertz CT molecular complexity index is 692. The molecule has 1 heterocycles. The lowest BCUT2D eigenvalue weighted by molar-refractivity contribution is -0.123. The SMILES string of the molecule is COc1cc(NC(=O)C2CCc3ccccc3O2)cc(OC)c1. The highest BCUT2D eigenvalue weighted by atomic mass is 16.5. The first-order valence-corrected chi connectivity index (χ1v) is 7.48. The molecule has 0 bridgehead atoms. The molecule has 120 valence electrons. The molecule has 0 radical (unpaired) electrons. The van der Waals surface area contributed by atoms with Crippen LogP contribution < -0.4 is 19.5 Å². The topological polar surface area (TPSA) is 56.8 Å². The minimum atomic E-state index is -0.498. The lowest BCUT2D eigenvalue weighted by Gasteiger charge is -2.25. The monoisotopic (exact) mass is 313 g/mol. The Labute approximate surface area is 135 Å². The van der Waals surface area contributed by atoms with E-state index in [1.807, 2.05) is 24.3 Å². The number of hydrogen-bond acceptors (Lipinski definition) is 4. The summed E-state index contributed by atoms with van der Waals surface area (Å²) in [6.07, 6.45) is 0.988. The second-order valence-corrected chi connectivity index (χ2v) is 5.34. The highest BCUT2D eigenvalue weighted by Crippen LogP contribution is 2.29. The average Bonchev–Trinajstić information content (AvgIpc) is 2.60. The summed E-state index contributed by atoms with van der Waals surface area (Å²) in [6.45, 7) is 0. The Morgan fingerprint density at radius 3 is 2.52 bits per heavy atom. The Morgan fingerprint density at radius 2 is 1.83 bits per heavy atom. The van der Waals surface area contributed by atoms with Crippen molar-refractivity contribution in [2.75, 3.05) is 19.5 Å². The summed E-state index contributed by atoms with van der Waals surface area (Å²) < 4.78 is 16.2. The van der Waals surface area contributed by atoms with E-state index in [2.05, 4.69) is 5.32 Å². The predicted molar refractivity (Wildman–Crippen MR) is 87.4 cm³/mol. The van der Waals surface area contributed by atoms with Gasteiger partial charge < -0.3 is 19.5 Å². The van der Waals surface area contributed by atoms with Crippen molar-refractivity contribution in [3.05, 3.63) is 48.0 Å². The third-order valence-corrected chi connectivity index (χ3v) is 3.83. The molecule has 0 aromatic heterocycles. The molecule has 2 aromatic rings. The van der Waals surface area contributed by atoms with Gasteiger partial charge in [0.2, 0.25) is 0 Å². The lowest BCUT2D eigenvalue weighted by atomic mass is 10.0. The average molecular weight is 313 g/mol. The van der Waals surface area contributed by atoms with E-state index in [0.29, 0.717) is 23.6 Å². The van der Waals surface area contributed by atoms with E-state index in [0.717, 1.165) is 17.7 Å². The summed E-state index contributed by atoms with van der Waals surface area (Å²) in [4.78, 5) is 12.5. The number of carbonyl (C=O) groups excluding carboxylic acids is 1. The summed E-state index contributed by atoms with van der Waals surface area (Å²) in [5.74, 6) is 1.85. The van der Waals surface area contributed by atoms with Gasteiger partial charge in [0.1, 0.15) is 17.2 Å². The van der Waals surface area contributed by atoms with Crippen molar-refractivity contribution in [1.29, 1.82) is 0 Å². The van der Waals surface area contributed by atoms with E-state index >= 15 is 0 Å². The van der Waals surface area contributed by atoms with Gasteiger partial charge in [-0.05, 0) is 24.5 Å². The number of ether oxygens (including phenoxy) is 3. The summed E-state index contributed by atoms with van der Waals surface area (Å²) in [5, 5.41) is 2.87. The van der Waals surface area contributed by atoms with Gasteiger partial charge >= 0.3 is 0 Å². The van der Waals surface area contributed by atoms with Crippen molar-refractivity contribution < 1.29 is 19.0 Å². The number of amides is 1. The van der Waals surface area contributed by atoms with Crippen molar-refractivity contribution in [3.8, 4) is 17.2 Å². The van der Waals surface area contributed by atoms with Crippen LogP contribution in [0.5, 0.6) is 17.2 Å². The number of benzene rings is 2. The standard InChI is InChI=1S/C18H19NO4/c1-21-14-9-13(10-15(11-14)22-2)19-18(20)17-8-7-12-5-3-4-6-16(12)23-17/h3-6,9-11,17H,7-8H2,1-2H3,(H,19,20). The maximum absolute atomic E-state index is 12.5. The minimum Gasteiger partial charge on any atom is -0.497 e. The number of nitrogens with one attached hydrogen (secondary N) is 1. The van der Waals surface area contributed by atoms with Gasteiger partial charge in [0.05, 0.1) is 14.2 Å². The van der Waals surface area contributed by atoms with E-state index in [1.54, 1.807) is 32.4 Å². The van der Waals surface area contributed by atoms with Gasteiger partial charge in [-0.25, -0.2) is 0 Å². The molecule has 1 amide bonds. The van der Waals surface area contributed by atoms with Crippen molar-refractivity contribution in [2.45, 2.75) is 18.9 Å². The van der Waals surface area contributed by atoms with Crippen LogP contribution in [0.1, 0.15) is 12.0 Å². The quantitative estimate of drug-likeness (QED) is 0.942. The number of carbonyl (C=O) groups is 1. The smallest absolute Gasteiger partial charge is 0.265 e. The van der Waals surface area contributed by atoms with E-state index < -0.39 is 6.10 Å². The molecule has 1 aliphatic rings. The molecule has 3 rings (SSSR count). The fraction of sp³-hybridized carbons (Fsp3) is 0.278. The molecule has 0 fully saturated rings. The third kappa shape index (κ3) is 3.39. The summed E-state index contributed by atoms with van der Waals surface area (Å²) in [5.41, 5.74) is 1.76. The van der Waals surface area contributed by atoms with Crippen molar-refractivity contribution >= 4 is 11.6 Å². The Kier molecular flexibility index (Phi) is 4.37. The van der Waals surface area contributed by atoms with Gasteiger partial charge in [-0.2, -0.15) is 0 Å². The number of anilines is 1. The predicted octanol–water partition coefficient (Wildman–Crippen LogP) is 3.04. The highest BCUT2D eigenvalue weighted by molar-refractivity contribution is 5.95. The molecule has 0 spiro atoms. The number of para-hydroxylation sites is 1. The van der Waals surface area contributed by atoms with Crippen LogP contribution in [-0.2, 0) is 11.2 Å². The zero-order valence-electron chi connectivity index (χ0n) is 13.2. The van der Waals surface area contributed by atoms with Gasteiger partial charge in [-0.1, -0.05) is 18.2 Å². The van der Waals surface area contributed by atoms with Gasteiger partial charge in [-0.15, -0.1) is 0 Å². The third-order valence-electron chi connectivity index (χ3n) is 3.83. The second kappa shape index (κ2) is 6.60. The van der Waals surface area contributed by atoms with Gasteiger partial charge in [0, 0.05) is 23.9 Å². The van der Waals surface area contributed by atoms with Crippen molar-refractivity contribution in [1.82, 2.24) is 0 Å². The number of rotatable bonds is 4. The molecule has 2 aromatic carbocycles. The Morgan fingerprint density at radius 1 is 1.13 bits per heavy atom. The first-order valence-electron chi connectivity index (χ1n) is 7.48. The van der Waals surface area contributed by atoms with Crippen LogP contribution in [0.2, 0.25) is 0 Å². The summed E-state index contributed by atoms with van der Waals surface area (Å²) in [7, 11) is 3.14. The van der Waals surface area contributed by atoms with Crippen LogP contribution in [0.4, 0.5) is 5.69 Å². The maximum atomic E-state index is 12.5. The molecule has 5 heteroatoms. The molecule has 1 unspecified atom stereocenters. The van der Waals surface area contributed by atoms with Crippen LogP contribution in [0.15, 0.2) is 42.5 Å². The zero-order chi connectivity index (χ0) is 16.2. The van der Waals surface area contributed by atoms with Gasteiger partial charge in [-0.3, -0.25) is 4.79 Å². The molecule has 23 heavy (non-hydrogen) atoms. The second-order valence-electron chi connectivity index (χ2n) is 5.34. The van der Waals surface area contributed by atoms with E-state index in [4.69, 9.17) is 14.2 Å². The van der Waals surface area contributed by atoms with Gasteiger partial charge in [0.15, 0.2) is 6.10 Å². The Balaban J connectivity index is 1.73. The van der Waals surface area contributed by atoms with E-state index in [-0.39, 0.29) is 5.91 Å². The van der Waals surface area contributed by atoms with Crippen LogP contribution in [0.25, 0.3) is 0 Å². The molecular weight excluding hydrogens is 294 g/mol. The van der Waals surface area contributed by atoms with Crippen LogP contribution in [0, 0.1) is 0 Å². The molecular formula is C18H19NO4. The summed E-state index contributed by atoms with van der Waals surface area (Å²) >= 11 is 0. The maximum Gasteiger partial charge on any atom is 0.265 e. The zero-order valence-corrected chi connectivity index (χ0v) is 13.2. The van der Waals surface area contributed by atoms with E-state index in [1.165, 1.54) is 0 Å². The number of hydrogen-bond donors (Lipinski definition) is 1. The molecule has 1 aliphatic heterocycles. The van der Waals surface area contributed by atoms with Crippen LogP contribution in [0.3, 0.4) is 0 Å². The minimum absolute atomic E-state index is 0.171. The fourth-order valence-electron chi connectivity index (χ4n) is 2.61. The highest BCUT2D eigenvalue weighted by Gasteiger charge is 2.26. The fourth-order valence-corrected chi connectivity index (χ4v) is 2.61. The molecule has 0 saturated heterocycles.